The molecular formula is C15H21NO4S. The lowest BCUT2D eigenvalue weighted by molar-refractivity contribution is 0.173. The molecule has 0 aliphatic heterocycles. The number of methoxy groups -OCH3 is 1. The summed E-state index contributed by atoms with van der Waals surface area (Å²) in [4.78, 5) is 0.114. The summed E-state index contributed by atoms with van der Waals surface area (Å²) >= 11 is 0. The van der Waals surface area contributed by atoms with E-state index in [4.69, 9.17) is 9.84 Å². The highest BCUT2D eigenvalue weighted by atomic mass is 32.2. The fourth-order valence-corrected chi connectivity index (χ4v) is 3.28. The molecule has 0 aliphatic rings. The van der Waals surface area contributed by atoms with Gasteiger partial charge in [-0.2, -0.15) is 0 Å². The summed E-state index contributed by atoms with van der Waals surface area (Å²) in [6.45, 7) is 3.73. The Morgan fingerprint density at radius 3 is 2.71 bits per heavy atom. The van der Waals surface area contributed by atoms with Crippen LogP contribution in [0.5, 0.6) is 0 Å². The Balaban J connectivity index is 3.18. The average molecular weight is 311 g/mol. The highest BCUT2D eigenvalue weighted by Gasteiger charge is 2.21. The summed E-state index contributed by atoms with van der Waals surface area (Å²) in [5, 5.41) is 8.79. The molecule has 5 nitrogen and oxygen atoms in total. The molecule has 0 aliphatic carbocycles. The van der Waals surface area contributed by atoms with Crippen LogP contribution in [0, 0.1) is 18.8 Å². The molecule has 1 aromatic rings. The number of aryl methyl sites for hydroxylation is 1. The second-order valence-electron chi connectivity index (χ2n) is 4.64. The van der Waals surface area contributed by atoms with Crippen LogP contribution in [0.1, 0.15) is 24.5 Å². The zero-order chi connectivity index (χ0) is 15.9. The number of hydrogen-bond acceptors (Lipinski definition) is 4. The van der Waals surface area contributed by atoms with E-state index in [0.29, 0.717) is 18.6 Å². The zero-order valence-corrected chi connectivity index (χ0v) is 13.3. The fourth-order valence-electron chi connectivity index (χ4n) is 1.83. The van der Waals surface area contributed by atoms with Crippen molar-refractivity contribution in [3.63, 3.8) is 0 Å². The molecule has 21 heavy (non-hydrogen) atoms. The molecule has 0 fully saturated rings. The average Bonchev–Trinajstić information content (AvgIpc) is 2.44. The Hall–Kier alpha value is -1.39. The number of ether oxygens (including phenoxy) is 1. The molecule has 116 valence electrons. The monoisotopic (exact) mass is 311 g/mol. The quantitative estimate of drug-likeness (QED) is 0.770. The van der Waals surface area contributed by atoms with Crippen LogP contribution in [0.25, 0.3) is 0 Å². The topological polar surface area (TPSA) is 75.6 Å². The Labute approximate surface area is 126 Å². The first-order valence-electron chi connectivity index (χ1n) is 6.66. The minimum Gasteiger partial charge on any atom is -0.384 e. The van der Waals surface area contributed by atoms with E-state index in [-0.39, 0.29) is 17.5 Å². The normalized spacial score (nSPS) is 12.6. The van der Waals surface area contributed by atoms with E-state index in [1.165, 1.54) is 13.2 Å². The third-order valence-electron chi connectivity index (χ3n) is 2.91. The number of aliphatic hydroxyl groups excluding tert-OH is 1. The van der Waals surface area contributed by atoms with Gasteiger partial charge in [0.25, 0.3) is 0 Å². The van der Waals surface area contributed by atoms with E-state index in [0.717, 1.165) is 5.56 Å². The lowest BCUT2D eigenvalue weighted by Gasteiger charge is -2.17. The molecule has 0 saturated carbocycles. The fraction of sp³-hybridized carbons (Fsp3) is 0.467. The van der Waals surface area contributed by atoms with E-state index in [1.54, 1.807) is 12.1 Å². The minimum atomic E-state index is -3.69. The first-order valence-corrected chi connectivity index (χ1v) is 8.14. The van der Waals surface area contributed by atoms with Crippen LogP contribution in [0.15, 0.2) is 23.1 Å². The Bertz CT molecular complexity index is 629. The smallest absolute Gasteiger partial charge is 0.242 e. The van der Waals surface area contributed by atoms with Gasteiger partial charge >= 0.3 is 0 Å². The van der Waals surface area contributed by atoms with Gasteiger partial charge in [-0.1, -0.05) is 24.8 Å². The number of nitrogens with one attached hydrogen (secondary N) is 1. The second-order valence-corrected chi connectivity index (χ2v) is 6.32. The van der Waals surface area contributed by atoms with E-state index < -0.39 is 10.0 Å². The van der Waals surface area contributed by atoms with Crippen molar-refractivity contribution in [1.29, 1.82) is 0 Å². The summed E-state index contributed by atoms with van der Waals surface area (Å²) < 4.78 is 32.6. The molecule has 0 spiro atoms. The van der Waals surface area contributed by atoms with Crippen LogP contribution in [-0.2, 0) is 14.8 Å². The molecule has 6 heteroatoms. The SMILES string of the molecule is CCC(COC)NS(=O)(=O)c1ccc(C)cc1C#CCO. The van der Waals surface area contributed by atoms with Gasteiger partial charge in [-0.15, -0.1) is 0 Å². The molecule has 2 N–H and O–H groups in total. The third kappa shape index (κ3) is 5.14. The molecule has 1 rings (SSSR count). The molecule has 0 bridgehead atoms. The largest absolute Gasteiger partial charge is 0.384 e. The number of benzene rings is 1. The molecule has 0 radical (unpaired) electrons. The second kappa shape index (κ2) is 8.15. The molecule has 0 aromatic heterocycles. The van der Waals surface area contributed by atoms with Gasteiger partial charge in [-0.3, -0.25) is 0 Å². The molecule has 0 saturated heterocycles. The molecule has 1 aromatic carbocycles. The van der Waals surface area contributed by atoms with Gasteiger partial charge in [0.15, 0.2) is 0 Å². The van der Waals surface area contributed by atoms with Crippen molar-refractivity contribution >= 4 is 10.0 Å². The summed E-state index contributed by atoms with van der Waals surface area (Å²) in [5.41, 5.74) is 1.28. The maximum atomic E-state index is 12.5. The predicted molar refractivity (Wildman–Crippen MR) is 81.4 cm³/mol. The molecule has 1 atom stereocenters. The van der Waals surface area contributed by atoms with E-state index in [1.807, 2.05) is 13.8 Å². The van der Waals surface area contributed by atoms with Crippen LogP contribution in [-0.4, -0.2) is 39.9 Å². The lowest BCUT2D eigenvalue weighted by atomic mass is 10.1. The lowest BCUT2D eigenvalue weighted by Crippen LogP contribution is -2.37. The Morgan fingerprint density at radius 1 is 1.43 bits per heavy atom. The van der Waals surface area contributed by atoms with Gasteiger partial charge in [0, 0.05) is 18.7 Å². The molecule has 0 heterocycles. The van der Waals surface area contributed by atoms with Crippen molar-refractivity contribution in [2.75, 3.05) is 20.3 Å². The van der Waals surface area contributed by atoms with Crippen LogP contribution in [0.3, 0.4) is 0 Å². The summed E-state index contributed by atoms with van der Waals surface area (Å²) in [6.07, 6.45) is 0.622. The van der Waals surface area contributed by atoms with Crippen LogP contribution >= 0.6 is 0 Å². The van der Waals surface area contributed by atoms with E-state index in [9.17, 15) is 8.42 Å². The van der Waals surface area contributed by atoms with Gasteiger partial charge in [-0.05, 0) is 31.0 Å². The summed E-state index contributed by atoms with van der Waals surface area (Å²) in [5.74, 6) is 5.17. The van der Waals surface area contributed by atoms with Gasteiger partial charge in [0.2, 0.25) is 10.0 Å². The van der Waals surface area contributed by atoms with Crippen LogP contribution in [0.4, 0.5) is 0 Å². The number of sulfonamides is 1. The first-order chi connectivity index (χ1) is 9.94. The summed E-state index contributed by atoms with van der Waals surface area (Å²) in [6, 6.07) is 4.64. The summed E-state index contributed by atoms with van der Waals surface area (Å²) in [7, 11) is -2.16. The van der Waals surface area contributed by atoms with Crippen molar-refractivity contribution in [3.8, 4) is 11.8 Å². The van der Waals surface area contributed by atoms with Crippen LogP contribution < -0.4 is 4.72 Å². The first kappa shape index (κ1) is 17.7. The van der Waals surface area contributed by atoms with Crippen LogP contribution in [0.2, 0.25) is 0 Å². The van der Waals surface area contributed by atoms with Crippen molar-refractivity contribution in [1.82, 2.24) is 4.72 Å². The van der Waals surface area contributed by atoms with Crippen molar-refractivity contribution < 1.29 is 18.3 Å². The van der Waals surface area contributed by atoms with Gasteiger partial charge in [-0.25, -0.2) is 13.1 Å². The van der Waals surface area contributed by atoms with Crippen molar-refractivity contribution in [3.05, 3.63) is 29.3 Å². The Kier molecular flexibility index (Phi) is 6.85. The number of hydrogen-bond donors (Lipinski definition) is 2. The predicted octanol–water partition coefficient (Wildman–Crippen LogP) is 1.04. The highest BCUT2D eigenvalue weighted by molar-refractivity contribution is 7.89. The highest BCUT2D eigenvalue weighted by Crippen LogP contribution is 2.17. The number of rotatable bonds is 6. The van der Waals surface area contributed by atoms with Gasteiger partial charge in [0.1, 0.15) is 6.61 Å². The maximum Gasteiger partial charge on any atom is 0.242 e. The van der Waals surface area contributed by atoms with Crippen molar-refractivity contribution in [2.45, 2.75) is 31.2 Å². The molecule has 1 unspecified atom stereocenters. The standard InChI is InChI=1S/C15H21NO4S/c1-4-14(11-20-3)16-21(18,19)15-8-7-12(2)10-13(15)6-5-9-17/h7-8,10,14,16-17H,4,9,11H2,1-3H3. The molecular weight excluding hydrogens is 290 g/mol. The van der Waals surface area contributed by atoms with E-state index in [2.05, 4.69) is 16.6 Å². The minimum absolute atomic E-state index is 0.114. The zero-order valence-electron chi connectivity index (χ0n) is 12.5. The van der Waals surface area contributed by atoms with Crippen molar-refractivity contribution in [2.24, 2.45) is 0 Å². The van der Waals surface area contributed by atoms with Gasteiger partial charge < -0.3 is 9.84 Å². The molecule has 0 amide bonds. The number of aliphatic hydroxyl groups is 1. The Morgan fingerprint density at radius 2 is 2.14 bits per heavy atom. The maximum absolute atomic E-state index is 12.5. The van der Waals surface area contributed by atoms with E-state index >= 15 is 0 Å². The third-order valence-corrected chi connectivity index (χ3v) is 4.49. The van der Waals surface area contributed by atoms with Gasteiger partial charge in [0.05, 0.1) is 11.5 Å².